The molecule has 0 saturated carbocycles. The Balaban J connectivity index is 2.00. The second-order valence-corrected chi connectivity index (χ2v) is 4.87. The largest absolute Gasteiger partial charge is 0.481 e. The van der Waals surface area contributed by atoms with Crippen LogP contribution in [0.5, 0.6) is 0 Å². The zero-order chi connectivity index (χ0) is 13.8. The van der Waals surface area contributed by atoms with E-state index in [4.69, 9.17) is 5.11 Å². The van der Waals surface area contributed by atoms with Crippen LogP contribution in [0.1, 0.15) is 52.8 Å². The van der Waals surface area contributed by atoms with Gasteiger partial charge in [0.25, 0.3) is 0 Å². The molecule has 0 saturated heterocycles. The number of Topliss-reactive ketones (excluding diaryl/α,β-unsaturated/α-hetero) is 2. The highest BCUT2D eigenvalue weighted by Gasteiger charge is 2.31. The molecule has 1 aromatic rings. The van der Waals surface area contributed by atoms with E-state index in [1.54, 1.807) is 24.3 Å². The number of benzene rings is 1. The Morgan fingerprint density at radius 3 is 2.53 bits per heavy atom. The zero-order valence-electron chi connectivity index (χ0n) is 10.6. The fourth-order valence-corrected chi connectivity index (χ4v) is 2.49. The van der Waals surface area contributed by atoms with Crippen LogP contribution in [0.15, 0.2) is 24.3 Å². The molecule has 1 aromatic carbocycles. The summed E-state index contributed by atoms with van der Waals surface area (Å²) in [6.07, 6.45) is 2.17. The summed E-state index contributed by atoms with van der Waals surface area (Å²) in [5.74, 6) is -1.07. The first-order valence-electron chi connectivity index (χ1n) is 6.48. The predicted octanol–water partition coefficient (Wildman–Crippen LogP) is 2.72. The molecule has 1 unspecified atom stereocenters. The van der Waals surface area contributed by atoms with Gasteiger partial charge in [0.05, 0.1) is 0 Å². The highest BCUT2D eigenvalue weighted by Crippen LogP contribution is 2.28. The van der Waals surface area contributed by atoms with Gasteiger partial charge in [0.1, 0.15) is 0 Å². The summed E-state index contributed by atoms with van der Waals surface area (Å²) >= 11 is 0. The monoisotopic (exact) mass is 260 g/mol. The van der Waals surface area contributed by atoms with Crippen LogP contribution in [-0.2, 0) is 4.79 Å². The maximum atomic E-state index is 12.2. The van der Waals surface area contributed by atoms with Crippen molar-refractivity contribution in [1.29, 1.82) is 0 Å². The van der Waals surface area contributed by atoms with E-state index in [1.807, 2.05) is 0 Å². The van der Waals surface area contributed by atoms with Crippen LogP contribution in [0, 0.1) is 5.92 Å². The summed E-state index contributed by atoms with van der Waals surface area (Å²) in [6.45, 7) is 0. The van der Waals surface area contributed by atoms with Gasteiger partial charge in [0.15, 0.2) is 11.6 Å². The second-order valence-electron chi connectivity index (χ2n) is 4.87. The Morgan fingerprint density at radius 1 is 1.16 bits per heavy atom. The van der Waals surface area contributed by atoms with E-state index < -0.39 is 5.97 Å². The number of unbranched alkanes of at least 4 members (excludes halogenated alkanes) is 1. The molecule has 0 aliphatic heterocycles. The third-order valence-corrected chi connectivity index (χ3v) is 3.49. The SMILES string of the molecule is O=C(O)CCCCC1CC(=O)c2ccccc2C1=O. The standard InChI is InChI=1S/C15H16O4/c16-13-9-10(5-1-4-8-14(17)18)15(19)12-7-3-2-6-11(12)13/h2-3,6-7,10H,1,4-5,8-9H2,(H,17,18). The summed E-state index contributed by atoms with van der Waals surface area (Å²) < 4.78 is 0. The Hall–Kier alpha value is -1.97. The minimum Gasteiger partial charge on any atom is -0.481 e. The zero-order valence-corrected chi connectivity index (χ0v) is 10.6. The first-order chi connectivity index (χ1) is 9.09. The fraction of sp³-hybridized carbons (Fsp3) is 0.400. The molecule has 2 rings (SSSR count). The van der Waals surface area contributed by atoms with Gasteiger partial charge in [-0.25, -0.2) is 0 Å². The van der Waals surface area contributed by atoms with Gasteiger partial charge in [0.2, 0.25) is 0 Å². The molecule has 1 atom stereocenters. The van der Waals surface area contributed by atoms with Crippen LogP contribution in [0.4, 0.5) is 0 Å². The third-order valence-electron chi connectivity index (χ3n) is 3.49. The number of fused-ring (bicyclic) bond motifs is 1. The van der Waals surface area contributed by atoms with Crippen molar-refractivity contribution < 1.29 is 19.5 Å². The van der Waals surface area contributed by atoms with Crippen LogP contribution >= 0.6 is 0 Å². The number of hydrogen-bond donors (Lipinski definition) is 1. The molecule has 19 heavy (non-hydrogen) atoms. The Morgan fingerprint density at radius 2 is 1.84 bits per heavy atom. The van der Waals surface area contributed by atoms with Crippen molar-refractivity contribution in [3.63, 3.8) is 0 Å². The van der Waals surface area contributed by atoms with Crippen molar-refractivity contribution >= 4 is 17.5 Å². The smallest absolute Gasteiger partial charge is 0.303 e. The van der Waals surface area contributed by atoms with Crippen molar-refractivity contribution in [3.8, 4) is 0 Å². The summed E-state index contributed by atoms with van der Waals surface area (Å²) in [4.78, 5) is 34.6. The van der Waals surface area contributed by atoms with E-state index in [0.29, 0.717) is 30.4 Å². The summed E-state index contributed by atoms with van der Waals surface area (Å²) in [6, 6.07) is 6.91. The molecule has 1 aliphatic rings. The van der Waals surface area contributed by atoms with Crippen LogP contribution in [0.3, 0.4) is 0 Å². The molecule has 0 spiro atoms. The third kappa shape index (κ3) is 3.08. The van der Waals surface area contributed by atoms with Gasteiger partial charge in [-0.2, -0.15) is 0 Å². The number of aliphatic carboxylic acids is 1. The lowest BCUT2D eigenvalue weighted by Crippen LogP contribution is -2.26. The minimum absolute atomic E-state index is 0.0124. The number of carboxylic acids is 1. The second kappa shape index (κ2) is 5.78. The molecule has 4 nitrogen and oxygen atoms in total. The quantitative estimate of drug-likeness (QED) is 0.826. The van der Waals surface area contributed by atoms with Gasteiger partial charge in [-0.05, 0) is 12.8 Å². The van der Waals surface area contributed by atoms with Crippen LogP contribution in [0.2, 0.25) is 0 Å². The van der Waals surface area contributed by atoms with E-state index >= 15 is 0 Å². The Labute approximate surface area is 111 Å². The molecule has 0 fully saturated rings. The number of ketones is 2. The highest BCUT2D eigenvalue weighted by molar-refractivity contribution is 6.14. The maximum Gasteiger partial charge on any atom is 0.303 e. The van der Waals surface area contributed by atoms with E-state index in [9.17, 15) is 14.4 Å². The Kier molecular flexibility index (Phi) is 4.10. The normalized spacial score (nSPS) is 18.2. The van der Waals surface area contributed by atoms with Gasteiger partial charge in [-0.1, -0.05) is 30.7 Å². The number of hydrogen-bond acceptors (Lipinski definition) is 3. The van der Waals surface area contributed by atoms with Crippen LogP contribution < -0.4 is 0 Å². The molecule has 0 aromatic heterocycles. The van der Waals surface area contributed by atoms with Gasteiger partial charge < -0.3 is 5.11 Å². The van der Waals surface area contributed by atoms with Gasteiger partial charge in [-0.3, -0.25) is 14.4 Å². The van der Waals surface area contributed by atoms with Gasteiger partial charge in [-0.15, -0.1) is 0 Å². The van der Waals surface area contributed by atoms with E-state index in [2.05, 4.69) is 0 Å². The molecule has 1 aliphatic carbocycles. The van der Waals surface area contributed by atoms with Crippen molar-refractivity contribution in [1.82, 2.24) is 0 Å². The van der Waals surface area contributed by atoms with Crippen molar-refractivity contribution in [3.05, 3.63) is 35.4 Å². The molecular formula is C15H16O4. The number of carbonyl (C=O) groups excluding carboxylic acids is 2. The summed E-state index contributed by atoms with van der Waals surface area (Å²) in [5, 5.41) is 8.55. The lowest BCUT2D eigenvalue weighted by molar-refractivity contribution is -0.137. The lowest BCUT2D eigenvalue weighted by Gasteiger charge is -2.22. The number of rotatable bonds is 5. The lowest BCUT2D eigenvalue weighted by atomic mass is 9.79. The molecule has 0 bridgehead atoms. The van der Waals surface area contributed by atoms with E-state index in [1.165, 1.54) is 0 Å². The summed E-state index contributed by atoms with van der Waals surface area (Å²) in [7, 11) is 0. The highest BCUT2D eigenvalue weighted by atomic mass is 16.4. The topological polar surface area (TPSA) is 71.4 Å². The molecule has 100 valence electrons. The molecular weight excluding hydrogens is 244 g/mol. The van der Waals surface area contributed by atoms with Crippen LogP contribution in [0.25, 0.3) is 0 Å². The van der Waals surface area contributed by atoms with E-state index in [-0.39, 0.29) is 30.3 Å². The molecule has 4 heteroatoms. The Bertz CT molecular complexity index is 519. The van der Waals surface area contributed by atoms with E-state index in [0.717, 1.165) is 0 Å². The first-order valence-corrected chi connectivity index (χ1v) is 6.48. The molecule has 0 heterocycles. The number of carbonyl (C=O) groups is 3. The van der Waals surface area contributed by atoms with Crippen molar-refractivity contribution in [2.45, 2.75) is 32.1 Å². The van der Waals surface area contributed by atoms with Gasteiger partial charge in [0, 0.05) is 29.9 Å². The molecule has 0 amide bonds. The first kappa shape index (κ1) is 13.5. The van der Waals surface area contributed by atoms with Crippen molar-refractivity contribution in [2.24, 2.45) is 5.92 Å². The maximum absolute atomic E-state index is 12.2. The average Bonchev–Trinajstić information content (AvgIpc) is 2.40. The molecule has 0 radical (unpaired) electrons. The average molecular weight is 260 g/mol. The predicted molar refractivity (Wildman–Crippen MR) is 69.3 cm³/mol. The van der Waals surface area contributed by atoms with Crippen molar-refractivity contribution in [2.75, 3.05) is 0 Å². The van der Waals surface area contributed by atoms with Gasteiger partial charge >= 0.3 is 5.97 Å². The molecule has 1 N–H and O–H groups in total. The van der Waals surface area contributed by atoms with Crippen LogP contribution in [-0.4, -0.2) is 22.6 Å². The minimum atomic E-state index is -0.823. The summed E-state index contributed by atoms with van der Waals surface area (Å²) in [5.41, 5.74) is 1.04. The fourth-order valence-electron chi connectivity index (χ4n) is 2.49. The number of carboxylic acid groups (broad SMARTS) is 1.